The minimum atomic E-state index is -3.82. The van der Waals surface area contributed by atoms with Gasteiger partial charge < -0.3 is 10.2 Å². The highest BCUT2D eigenvalue weighted by Crippen LogP contribution is 2.19. The van der Waals surface area contributed by atoms with Gasteiger partial charge in [-0.05, 0) is 12.2 Å². The Kier molecular flexibility index (Phi) is 6.72. The van der Waals surface area contributed by atoms with Gasteiger partial charge in [-0.25, -0.2) is 22.9 Å². The van der Waals surface area contributed by atoms with E-state index in [4.69, 9.17) is 10.2 Å². The first-order valence-electron chi connectivity index (χ1n) is 5.34. The van der Waals surface area contributed by atoms with E-state index in [1.165, 1.54) is 17.3 Å². The molecule has 0 aliphatic rings. The highest BCUT2D eigenvalue weighted by Gasteiger charge is 2.25. The normalized spacial score (nSPS) is 11.6. The molecule has 0 bridgehead atoms. The Morgan fingerprint density at radius 2 is 2.21 bits per heavy atom. The van der Waals surface area contributed by atoms with E-state index in [0.717, 1.165) is 17.1 Å². The van der Waals surface area contributed by atoms with Crippen molar-refractivity contribution in [1.29, 1.82) is 0 Å². The summed E-state index contributed by atoms with van der Waals surface area (Å²) < 4.78 is 25.8. The number of nitrogens with one attached hydrogen (secondary N) is 1. The first-order chi connectivity index (χ1) is 8.99. The molecule has 0 aromatic carbocycles. The number of aromatic carboxylic acids is 1. The van der Waals surface area contributed by atoms with Gasteiger partial charge >= 0.3 is 5.97 Å². The van der Waals surface area contributed by atoms with Crippen molar-refractivity contribution in [3.8, 4) is 0 Å². The summed E-state index contributed by atoms with van der Waals surface area (Å²) in [5.41, 5.74) is 0.735. The number of carbonyl (C=O) groups is 1. The quantitative estimate of drug-likeness (QED) is 0.556. The third kappa shape index (κ3) is 5.07. The Morgan fingerprint density at radius 3 is 2.84 bits per heavy atom. The first kappa shape index (κ1) is 16.4. The van der Waals surface area contributed by atoms with Crippen molar-refractivity contribution >= 4 is 39.1 Å². The fourth-order valence-electron chi connectivity index (χ4n) is 1.15. The fourth-order valence-corrected chi connectivity index (χ4v) is 4.28. The summed E-state index contributed by atoms with van der Waals surface area (Å²) in [7, 11) is -3.82. The van der Waals surface area contributed by atoms with Gasteiger partial charge in [0.15, 0.2) is 9.90 Å². The van der Waals surface area contributed by atoms with Crippen molar-refractivity contribution in [1.82, 2.24) is 9.71 Å². The maximum atomic E-state index is 11.9. The van der Waals surface area contributed by atoms with Gasteiger partial charge in [0.1, 0.15) is 0 Å². The molecule has 0 radical (unpaired) electrons. The van der Waals surface area contributed by atoms with Crippen LogP contribution in [0.25, 0.3) is 0 Å². The zero-order valence-corrected chi connectivity index (χ0v) is 12.4. The number of aliphatic hydroxyl groups is 1. The number of hydrogen-bond acceptors (Lipinski definition) is 7. The molecular formula is C9H14N2O5S3. The Hall–Kier alpha value is -0.680. The standard InChI is InChI=1S/C9H14N2O5S3/c12-3-1-4-17-5-2-11-19(15,16)9-7(8(13)14)10-6-18-9/h6,11-12H,1-5H2,(H,13,14). The number of rotatable bonds is 9. The smallest absolute Gasteiger partial charge is 0.356 e. The SMILES string of the molecule is O=C(O)c1ncsc1S(=O)(=O)NCCSCCCO. The Labute approximate surface area is 119 Å². The molecule has 1 rings (SSSR count). The number of thiazole rings is 1. The minimum absolute atomic E-state index is 0.113. The zero-order chi connectivity index (χ0) is 14.3. The molecule has 0 aliphatic heterocycles. The van der Waals surface area contributed by atoms with Crippen LogP contribution in [0.2, 0.25) is 0 Å². The van der Waals surface area contributed by atoms with Crippen molar-refractivity contribution in [2.75, 3.05) is 24.7 Å². The minimum Gasteiger partial charge on any atom is -0.476 e. The predicted octanol–water partition coefficient (Wildman–Crippen LogP) is 0.235. The van der Waals surface area contributed by atoms with E-state index in [-0.39, 0.29) is 17.4 Å². The van der Waals surface area contributed by atoms with Gasteiger partial charge in [0.2, 0.25) is 0 Å². The van der Waals surface area contributed by atoms with Gasteiger partial charge in [0, 0.05) is 18.9 Å². The van der Waals surface area contributed by atoms with E-state index in [1.54, 1.807) is 0 Å². The molecule has 1 heterocycles. The number of sulfonamides is 1. The maximum absolute atomic E-state index is 11.9. The summed E-state index contributed by atoms with van der Waals surface area (Å²) in [4.78, 5) is 14.3. The van der Waals surface area contributed by atoms with Gasteiger partial charge in [-0.3, -0.25) is 0 Å². The average molecular weight is 326 g/mol. The van der Waals surface area contributed by atoms with Gasteiger partial charge in [-0.15, -0.1) is 11.3 Å². The third-order valence-corrected chi connectivity index (χ3v) is 5.87. The van der Waals surface area contributed by atoms with E-state index >= 15 is 0 Å². The number of thioether (sulfide) groups is 1. The number of carboxylic acids is 1. The van der Waals surface area contributed by atoms with Crippen LogP contribution in [0, 0.1) is 0 Å². The molecule has 7 nitrogen and oxygen atoms in total. The number of hydrogen-bond donors (Lipinski definition) is 3. The second-order valence-corrected chi connectivity index (χ2v) is 7.42. The molecule has 1 aromatic heterocycles. The molecule has 0 fully saturated rings. The van der Waals surface area contributed by atoms with Crippen molar-refractivity contribution in [2.45, 2.75) is 10.6 Å². The van der Waals surface area contributed by atoms with Crippen LogP contribution in [0.3, 0.4) is 0 Å². The van der Waals surface area contributed by atoms with Gasteiger partial charge in [-0.1, -0.05) is 0 Å². The largest absolute Gasteiger partial charge is 0.476 e. The van der Waals surface area contributed by atoms with Crippen LogP contribution >= 0.6 is 23.1 Å². The number of carboxylic acid groups (broad SMARTS) is 1. The molecule has 19 heavy (non-hydrogen) atoms. The summed E-state index contributed by atoms with van der Waals surface area (Å²) in [5, 5.41) is 17.4. The molecule has 0 atom stereocenters. The molecule has 0 amide bonds. The van der Waals surface area contributed by atoms with Crippen molar-refractivity contribution in [3.63, 3.8) is 0 Å². The second-order valence-electron chi connectivity index (χ2n) is 3.38. The number of aliphatic hydroxyl groups excluding tert-OH is 1. The molecule has 0 spiro atoms. The molecule has 108 valence electrons. The Morgan fingerprint density at radius 1 is 1.47 bits per heavy atom. The van der Waals surface area contributed by atoms with Gasteiger partial charge in [0.05, 0.1) is 5.51 Å². The molecule has 10 heteroatoms. The summed E-state index contributed by atoms with van der Waals surface area (Å²) in [6.45, 7) is 0.316. The lowest BCUT2D eigenvalue weighted by Gasteiger charge is -2.05. The van der Waals surface area contributed by atoms with E-state index in [2.05, 4.69) is 9.71 Å². The van der Waals surface area contributed by atoms with Crippen LogP contribution in [0.5, 0.6) is 0 Å². The van der Waals surface area contributed by atoms with Gasteiger partial charge in [0.25, 0.3) is 10.0 Å². The molecule has 0 aliphatic carbocycles. The van der Waals surface area contributed by atoms with Gasteiger partial charge in [-0.2, -0.15) is 11.8 Å². The number of nitrogens with zero attached hydrogens (tertiary/aromatic N) is 1. The lowest BCUT2D eigenvalue weighted by atomic mass is 10.5. The van der Waals surface area contributed by atoms with E-state index < -0.39 is 21.7 Å². The molecular weight excluding hydrogens is 312 g/mol. The summed E-state index contributed by atoms with van der Waals surface area (Å²) in [6.07, 6.45) is 0.662. The van der Waals surface area contributed by atoms with Crippen molar-refractivity contribution in [3.05, 3.63) is 11.2 Å². The van der Waals surface area contributed by atoms with E-state index in [0.29, 0.717) is 12.2 Å². The monoisotopic (exact) mass is 326 g/mol. The van der Waals surface area contributed by atoms with Crippen LogP contribution in [0.15, 0.2) is 9.72 Å². The lowest BCUT2D eigenvalue weighted by Crippen LogP contribution is -2.26. The molecule has 0 unspecified atom stereocenters. The second kappa shape index (κ2) is 7.80. The van der Waals surface area contributed by atoms with Crippen molar-refractivity contribution in [2.24, 2.45) is 0 Å². The molecule has 0 saturated carbocycles. The van der Waals surface area contributed by atoms with Crippen LogP contribution in [0.1, 0.15) is 16.9 Å². The molecule has 0 saturated heterocycles. The predicted molar refractivity (Wildman–Crippen MR) is 73.3 cm³/mol. The molecule has 3 N–H and O–H groups in total. The maximum Gasteiger partial charge on any atom is 0.356 e. The van der Waals surface area contributed by atoms with Crippen molar-refractivity contribution < 1.29 is 23.4 Å². The van der Waals surface area contributed by atoms with Crippen LogP contribution < -0.4 is 4.72 Å². The topological polar surface area (TPSA) is 117 Å². The van der Waals surface area contributed by atoms with E-state index in [9.17, 15) is 13.2 Å². The van der Waals surface area contributed by atoms with Crippen LogP contribution in [-0.4, -0.2) is 54.2 Å². The Balaban J connectivity index is 2.52. The fraction of sp³-hybridized carbons (Fsp3) is 0.556. The third-order valence-electron chi connectivity index (χ3n) is 1.97. The van der Waals surface area contributed by atoms with Crippen LogP contribution in [-0.2, 0) is 10.0 Å². The highest BCUT2D eigenvalue weighted by molar-refractivity contribution is 7.99. The zero-order valence-electron chi connectivity index (χ0n) is 9.90. The highest BCUT2D eigenvalue weighted by atomic mass is 32.2. The van der Waals surface area contributed by atoms with E-state index in [1.807, 2.05) is 0 Å². The first-order valence-corrected chi connectivity index (χ1v) is 8.86. The summed E-state index contributed by atoms with van der Waals surface area (Å²) >= 11 is 2.29. The summed E-state index contributed by atoms with van der Waals surface area (Å²) in [6, 6.07) is 0. The lowest BCUT2D eigenvalue weighted by molar-refractivity contribution is 0.0687. The molecule has 1 aromatic rings. The average Bonchev–Trinajstić information content (AvgIpc) is 2.83. The number of aromatic nitrogens is 1. The summed E-state index contributed by atoms with van der Waals surface area (Å²) in [5.74, 6) is -0.0569. The van der Waals surface area contributed by atoms with Crippen LogP contribution in [0.4, 0.5) is 0 Å². The Bertz CT molecular complexity index is 514.